The monoisotopic (exact) mass is 925 g/mol. The molecule has 1 saturated heterocycles. The van der Waals surface area contributed by atoms with Gasteiger partial charge in [0.15, 0.2) is 5.78 Å². The van der Waals surface area contributed by atoms with Crippen LogP contribution in [0.15, 0.2) is 42.5 Å². The van der Waals surface area contributed by atoms with Crippen molar-refractivity contribution in [2.45, 2.75) is 163 Å². The van der Waals surface area contributed by atoms with Crippen LogP contribution in [0.25, 0.3) is 0 Å². The zero-order valence-electron chi connectivity index (χ0n) is 41.4. The Labute approximate surface area is 396 Å². The number of nitrogens with zero attached hydrogens (tertiary/aromatic N) is 4. The Bertz CT molecular complexity index is 1770. The zero-order valence-corrected chi connectivity index (χ0v) is 41.4. The summed E-state index contributed by atoms with van der Waals surface area (Å²) in [4.78, 5) is 100. The number of likely N-dealkylation sites (N-methyl/N-ethyl adjacent to an activating group) is 2. The molecule has 2 aliphatic heterocycles. The second-order valence-corrected chi connectivity index (χ2v) is 19.3. The number of benzene rings is 1. The van der Waals surface area contributed by atoms with Gasteiger partial charge in [0, 0.05) is 84.7 Å². The van der Waals surface area contributed by atoms with Gasteiger partial charge in [-0.2, -0.15) is 0 Å². The lowest BCUT2D eigenvalue weighted by atomic mass is 9.83. The molecule has 1 N–H and O–H groups in total. The minimum Gasteiger partial charge on any atom is -0.388 e. The largest absolute Gasteiger partial charge is 0.388 e. The highest BCUT2D eigenvalue weighted by Crippen LogP contribution is 2.33. The Balaban J connectivity index is 0.0000150. The van der Waals surface area contributed by atoms with E-state index in [0.717, 1.165) is 12.0 Å². The van der Waals surface area contributed by atoms with Gasteiger partial charge in [-0.3, -0.25) is 38.5 Å². The molecule has 0 bridgehead atoms. The van der Waals surface area contributed by atoms with Gasteiger partial charge in [0.25, 0.3) is 11.8 Å². The molecular formula is C52H84N4O10. The minimum atomic E-state index is -0.792. The van der Waals surface area contributed by atoms with Gasteiger partial charge in [0.1, 0.15) is 5.78 Å². The Kier molecular flexibility index (Phi) is 24.1. The van der Waals surface area contributed by atoms with E-state index in [0.29, 0.717) is 45.2 Å². The number of imide groups is 1. The maximum absolute atomic E-state index is 14.6. The molecule has 14 nitrogen and oxygen atoms in total. The second kappa shape index (κ2) is 27.5. The van der Waals surface area contributed by atoms with Gasteiger partial charge < -0.3 is 29.3 Å². The Morgan fingerprint density at radius 3 is 1.95 bits per heavy atom. The van der Waals surface area contributed by atoms with Crippen LogP contribution in [0.3, 0.4) is 0 Å². The van der Waals surface area contributed by atoms with Crippen molar-refractivity contribution in [1.82, 2.24) is 19.6 Å². The second-order valence-electron chi connectivity index (χ2n) is 19.3. The summed E-state index contributed by atoms with van der Waals surface area (Å²) in [5.74, 6) is -3.50. The molecule has 1 unspecified atom stereocenters. The highest BCUT2D eigenvalue weighted by Gasteiger charge is 2.43. The third-order valence-corrected chi connectivity index (χ3v) is 14.0. The van der Waals surface area contributed by atoms with Crippen molar-refractivity contribution < 1.29 is 48.1 Å². The predicted molar refractivity (Wildman–Crippen MR) is 257 cm³/mol. The van der Waals surface area contributed by atoms with Crippen molar-refractivity contribution in [3.05, 3.63) is 48.0 Å². The number of aliphatic hydroxyl groups excluding tert-OH is 1. The van der Waals surface area contributed by atoms with Crippen molar-refractivity contribution in [3.63, 3.8) is 0 Å². The number of unbranched alkanes of at least 4 members (excludes halogenated alkanes) is 2. The lowest BCUT2D eigenvalue weighted by Crippen LogP contribution is -2.54. The number of hydrogen-bond donors (Lipinski definition) is 1. The van der Waals surface area contributed by atoms with Crippen molar-refractivity contribution >= 4 is 41.1 Å². The standard InChI is InChI=1S/C51H80N4O10.CH4/c1-13-34(6)48(42(64-11)31-46(61)54-28-20-23-39(54)50(65-12)36(8)40(56)29-35(7)49(62)37-21-16-14-17-22-37)53(10)51(63)38(32(2)3)30-41(57)47(33(4)5)52(9)43(58)24-18-15-19-27-55-44(59)25-26-45(55)60;/h14,16-17,21-22,25-26,32-36,38-39,42,47-50,62H,13,15,18-20,23-24,27-31H2,1-12H3;1H4/t34-,35-,36-,38-,39-,42+,47-,48?,49+,50+;/m0./s1. The zero-order chi connectivity index (χ0) is 48.7. The van der Waals surface area contributed by atoms with Crippen molar-refractivity contribution in [1.29, 1.82) is 0 Å². The van der Waals surface area contributed by atoms with E-state index < -0.39 is 42.2 Å². The van der Waals surface area contributed by atoms with Crippen molar-refractivity contribution in [2.75, 3.05) is 41.4 Å². The Morgan fingerprint density at radius 1 is 0.788 bits per heavy atom. The van der Waals surface area contributed by atoms with Gasteiger partial charge in [0.2, 0.25) is 17.7 Å². The first kappa shape index (κ1) is 57.9. The molecule has 0 aliphatic carbocycles. The molecule has 1 aromatic carbocycles. The van der Waals surface area contributed by atoms with E-state index in [-0.39, 0.29) is 104 Å². The molecule has 3 rings (SSSR count). The Hall–Kier alpha value is -4.27. The normalized spacial score (nSPS) is 19.2. The highest BCUT2D eigenvalue weighted by atomic mass is 16.5. The molecule has 5 amide bonds. The molecule has 0 spiro atoms. The number of carbonyl (C=O) groups is 7. The number of rotatable bonds is 28. The van der Waals surface area contributed by atoms with Crippen LogP contribution < -0.4 is 0 Å². The fraction of sp³-hybridized carbons (Fsp3) is 0.712. The summed E-state index contributed by atoms with van der Waals surface area (Å²) in [6.07, 6.45) is 4.64. The average molecular weight is 925 g/mol. The summed E-state index contributed by atoms with van der Waals surface area (Å²) in [6.45, 7) is 16.1. The summed E-state index contributed by atoms with van der Waals surface area (Å²) in [5, 5.41) is 11.0. The summed E-state index contributed by atoms with van der Waals surface area (Å²) in [7, 11) is 6.47. The molecule has 1 fully saturated rings. The van der Waals surface area contributed by atoms with E-state index in [2.05, 4.69) is 0 Å². The van der Waals surface area contributed by atoms with E-state index >= 15 is 0 Å². The number of carbonyl (C=O) groups excluding carboxylic acids is 7. The number of ether oxygens (including phenoxy) is 2. The van der Waals surface area contributed by atoms with Gasteiger partial charge >= 0.3 is 0 Å². The number of Topliss-reactive ketones (excluding diaryl/α,β-unsaturated/α-hetero) is 2. The smallest absolute Gasteiger partial charge is 0.253 e. The van der Waals surface area contributed by atoms with Crippen LogP contribution in [0.4, 0.5) is 0 Å². The number of amides is 5. The van der Waals surface area contributed by atoms with Crippen LogP contribution in [0.2, 0.25) is 0 Å². The topological polar surface area (TPSA) is 171 Å². The third-order valence-electron chi connectivity index (χ3n) is 14.0. The maximum Gasteiger partial charge on any atom is 0.253 e. The van der Waals surface area contributed by atoms with E-state index in [1.165, 1.54) is 22.0 Å². The number of hydrogen-bond acceptors (Lipinski definition) is 10. The third kappa shape index (κ3) is 15.1. The molecule has 66 heavy (non-hydrogen) atoms. The number of methoxy groups -OCH3 is 2. The summed E-state index contributed by atoms with van der Waals surface area (Å²) in [6, 6.07) is 7.70. The van der Waals surface area contributed by atoms with Gasteiger partial charge in [-0.1, -0.05) is 106 Å². The molecule has 2 aliphatic rings. The molecule has 10 atom stereocenters. The molecule has 1 aromatic rings. The molecule has 0 saturated carbocycles. The average Bonchev–Trinajstić information content (AvgIpc) is 3.89. The fourth-order valence-corrected chi connectivity index (χ4v) is 9.88. The quantitative estimate of drug-likeness (QED) is 0.0677. The van der Waals surface area contributed by atoms with Crippen LogP contribution in [0.5, 0.6) is 0 Å². The Morgan fingerprint density at radius 2 is 1.41 bits per heavy atom. The fourth-order valence-electron chi connectivity index (χ4n) is 9.88. The van der Waals surface area contributed by atoms with Gasteiger partial charge in [0.05, 0.1) is 42.9 Å². The van der Waals surface area contributed by atoms with Gasteiger partial charge in [-0.25, -0.2) is 0 Å². The van der Waals surface area contributed by atoms with Crippen LogP contribution in [0, 0.1) is 35.5 Å². The predicted octanol–water partition coefficient (Wildman–Crippen LogP) is 7.07. The summed E-state index contributed by atoms with van der Waals surface area (Å²) >= 11 is 0. The number of likely N-dealkylation sites (tertiary alicyclic amines) is 1. The maximum atomic E-state index is 14.6. The summed E-state index contributed by atoms with van der Waals surface area (Å²) in [5.41, 5.74) is 0.754. The van der Waals surface area contributed by atoms with Crippen molar-refractivity contribution in [2.24, 2.45) is 35.5 Å². The lowest BCUT2D eigenvalue weighted by molar-refractivity contribution is -0.149. The first-order valence-corrected chi connectivity index (χ1v) is 23.9. The number of ketones is 2. The van der Waals surface area contributed by atoms with E-state index in [1.54, 1.807) is 38.1 Å². The van der Waals surface area contributed by atoms with Crippen molar-refractivity contribution in [3.8, 4) is 0 Å². The van der Waals surface area contributed by atoms with E-state index in [9.17, 15) is 38.7 Å². The highest BCUT2D eigenvalue weighted by molar-refractivity contribution is 6.12. The van der Waals surface area contributed by atoms with Crippen LogP contribution in [-0.2, 0) is 43.0 Å². The summed E-state index contributed by atoms with van der Waals surface area (Å²) < 4.78 is 12.1. The van der Waals surface area contributed by atoms with E-state index in [4.69, 9.17) is 9.47 Å². The molecule has 372 valence electrons. The van der Waals surface area contributed by atoms with Gasteiger partial charge in [-0.15, -0.1) is 0 Å². The molecule has 14 heteroatoms. The van der Waals surface area contributed by atoms with Crippen LogP contribution in [0.1, 0.15) is 139 Å². The molecular weight excluding hydrogens is 841 g/mol. The van der Waals surface area contributed by atoms with Gasteiger partial charge in [-0.05, 0) is 54.9 Å². The lowest BCUT2D eigenvalue weighted by Gasteiger charge is -2.41. The van der Waals surface area contributed by atoms with Crippen LogP contribution in [-0.4, -0.2) is 138 Å². The number of aliphatic hydroxyl groups is 1. The first-order chi connectivity index (χ1) is 30.7. The minimum absolute atomic E-state index is 0. The SMILES string of the molecule is C.CC[C@H](C)C([C@@H](CC(=O)N1CCC[C@H]1[C@H](OC)[C@@H](C)C(=O)C[C@H](C)[C@@H](O)c1ccccc1)OC)N(C)C(=O)[C@@H](CC(=O)[C@H](C(C)C)N(C)C(=O)CCCCCN1C(=O)C=CC1=O)C(C)C. The van der Waals surface area contributed by atoms with E-state index in [1.807, 2.05) is 85.7 Å². The molecule has 2 heterocycles. The van der Waals surface area contributed by atoms with Crippen LogP contribution >= 0.6 is 0 Å². The molecule has 0 aromatic heterocycles. The first-order valence-electron chi connectivity index (χ1n) is 23.9. The molecule has 0 radical (unpaired) electrons.